The zero-order chi connectivity index (χ0) is 11.1. The van der Waals surface area contributed by atoms with Crippen LogP contribution in [0.1, 0.15) is 24.8 Å². The Balaban J connectivity index is 2.41. The van der Waals surface area contributed by atoms with E-state index in [2.05, 4.69) is 0 Å². The molecule has 0 atom stereocenters. The quantitative estimate of drug-likeness (QED) is 0.814. The second-order valence-corrected chi connectivity index (χ2v) is 4.02. The van der Waals surface area contributed by atoms with E-state index < -0.39 is 23.0 Å². The van der Waals surface area contributed by atoms with Crippen LogP contribution >= 0.6 is 0 Å². The number of hydrogen-bond acceptors (Lipinski definition) is 1. The molecule has 1 aliphatic rings. The van der Waals surface area contributed by atoms with Crippen LogP contribution in [0.3, 0.4) is 0 Å². The summed E-state index contributed by atoms with van der Waals surface area (Å²) < 4.78 is 26.9. The number of primary amides is 1. The van der Waals surface area contributed by atoms with E-state index in [1.165, 1.54) is 18.2 Å². The summed E-state index contributed by atoms with van der Waals surface area (Å²) in [5.74, 6) is -1.70. The van der Waals surface area contributed by atoms with Crippen molar-refractivity contribution < 1.29 is 13.6 Å². The summed E-state index contributed by atoms with van der Waals surface area (Å²) in [5, 5.41) is 0. The van der Waals surface area contributed by atoms with Gasteiger partial charge < -0.3 is 5.73 Å². The molecular weight excluding hydrogens is 200 g/mol. The van der Waals surface area contributed by atoms with Crippen molar-refractivity contribution in [2.75, 3.05) is 0 Å². The van der Waals surface area contributed by atoms with Gasteiger partial charge in [-0.2, -0.15) is 0 Å². The van der Waals surface area contributed by atoms with Crippen LogP contribution in [0.15, 0.2) is 18.2 Å². The minimum atomic E-state index is -0.679. The van der Waals surface area contributed by atoms with Gasteiger partial charge in [-0.1, -0.05) is 6.07 Å². The first-order valence-electron chi connectivity index (χ1n) is 4.78. The van der Waals surface area contributed by atoms with E-state index in [9.17, 15) is 13.6 Å². The molecule has 1 saturated carbocycles. The Kier molecular flexibility index (Phi) is 2.21. The second kappa shape index (κ2) is 3.29. The molecule has 0 unspecified atom stereocenters. The molecule has 1 aliphatic carbocycles. The number of amides is 1. The van der Waals surface area contributed by atoms with Gasteiger partial charge in [0.25, 0.3) is 0 Å². The van der Waals surface area contributed by atoms with Crippen molar-refractivity contribution in [3.8, 4) is 0 Å². The van der Waals surface area contributed by atoms with Gasteiger partial charge in [0.1, 0.15) is 11.6 Å². The van der Waals surface area contributed by atoms with Crippen LogP contribution in [-0.2, 0) is 10.2 Å². The molecule has 0 spiro atoms. The van der Waals surface area contributed by atoms with Crippen LogP contribution in [0.5, 0.6) is 0 Å². The number of rotatable bonds is 3. The summed E-state index contributed by atoms with van der Waals surface area (Å²) in [6.45, 7) is 0. The zero-order valence-electron chi connectivity index (χ0n) is 8.09. The number of carbonyl (C=O) groups is 1. The number of nitrogens with two attached hydrogens (primary N) is 1. The first-order chi connectivity index (χ1) is 7.05. The Hall–Kier alpha value is -1.45. The standard InChI is InChI=1S/C11H11F2NO/c12-7-2-1-3-8(13)10(7)11(4-5-11)6-9(14)15/h1-3H,4-6H2,(H2,14,15). The summed E-state index contributed by atoms with van der Waals surface area (Å²) in [6.07, 6.45) is 1.26. The molecule has 2 rings (SSSR count). The van der Waals surface area contributed by atoms with Crippen LogP contribution in [0.2, 0.25) is 0 Å². The third-order valence-corrected chi connectivity index (χ3v) is 2.86. The van der Waals surface area contributed by atoms with Crippen molar-refractivity contribution in [3.63, 3.8) is 0 Å². The van der Waals surface area contributed by atoms with E-state index in [0.29, 0.717) is 12.8 Å². The highest BCUT2D eigenvalue weighted by molar-refractivity contribution is 5.76. The Morgan fingerprint density at radius 1 is 1.33 bits per heavy atom. The smallest absolute Gasteiger partial charge is 0.218 e. The predicted molar refractivity (Wildman–Crippen MR) is 51.1 cm³/mol. The number of hydrogen-bond donors (Lipinski definition) is 1. The SMILES string of the molecule is NC(=O)CC1(c2c(F)cccc2F)CC1. The fourth-order valence-electron chi connectivity index (χ4n) is 2.00. The van der Waals surface area contributed by atoms with Crippen molar-refractivity contribution in [1.82, 2.24) is 0 Å². The van der Waals surface area contributed by atoms with E-state index >= 15 is 0 Å². The topological polar surface area (TPSA) is 43.1 Å². The van der Waals surface area contributed by atoms with Gasteiger partial charge in [-0.25, -0.2) is 8.78 Å². The molecule has 0 heterocycles. The predicted octanol–water partition coefficient (Wildman–Crippen LogP) is 1.87. The molecule has 1 fully saturated rings. The third-order valence-electron chi connectivity index (χ3n) is 2.86. The number of halogens is 2. The van der Waals surface area contributed by atoms with Crippen LogP contribution in [-0.4, -0.2) is 5.91 Å². The van der Waals surface area contributed by atoms with Gasteiger partial charge in [-0.05, 0) is 25.0 Å². The molecular formula is C11H11F2NO. The lowest BCUT2D eigenvalue weighted by molar-refractivity contribution is -0.118. The molecule has 2 nitrogen and oxygen atoms in total. The molecule has 1 amide bonds. The fraction of sp³-hybridized carbons (Fsp3) is 0.364. The summed E-state index contributed by atoms with van der Waals surface area (Å²) in [6, 6.07) is 3.73. The first kappa shape index (κ1) is 10.1. The molecule has 1 aromatic carbocycles. The van der Waals surface area contributed by atoms with Crippen LogP contribution in [0.4, 0.5) is 8.78 Å². The molecule has 4 heteroatoms. The van der Waals surface area contributed by atoms with Crippen molar-refractivity contribution >= 4 is 5.91 Å². The molecule has 0 saturated heterocycles. The van der Waals surface area contributed by atoms with Gasteiger partial charge in [-0.15, -0.1) is 0 Å². The van der Waals surface area contributed by atoms with E-state index in [1.807, 2.05) is 0 Å². The normalized spacial score (nSPS) is 17.5. The summed E-state index contributed by atoms with van der Waals surface area (Å²) in [5.41, 5.74) is 4.41. The van der Waals surface area contributed by atoms with Crippen molar-refractivity contribution in [3.05, 3.63) is 35.4 Å². The van der Waals surface area contributed by atoms with Gasteiger partial charge in [0.05, 0.1) is 0 Å². The maximum Gasteiger partial charge on any atom is 0.218 e. The van der Waals surface area contributed by atoms with E-state index in [-0.39, 0.29) is 12.0 Å². The highest BCUT2D eigenvalue weighted by Gasteiger charge is 2.48. The summed E-state index contributed by atoms with van der Waals surface area (Å²) >= 11 is 0. The molecule has 0 aliphatic heterocycles. The summed E-state index contributed by atoms with van der Waals surface area (Å²) in [4.78, 5) is 10.8. The van der Waals surface area contributed by atoms with Gasteiger partial charge >= 0.3 is 0 Å². The van der Waals surface area contributed by atoms with E-state index in [1.54, 1.807) is 0 Å². The van der Waals surface area contributed by atoms with E-state index in [4.69, 9.17) is 5.73 Å². The molecule has 15 heavy (non-hydrogen) atoms. The van der Waals surface area contributed by atoms with E-state index in [0.717, 1.165) is 0 Å². The Morgan fingerprint density at radius 3 is 2.27 bits per heavy atom. The lowest BCUT2D eigenvalue weighted by atomic mass is 9.91. The average molecular weight is 211 g/mol. The van der Waals surface area contributed by atoms with Gasteiger partial charge in [0.2, 0.25) is 5.91 Å². The van der Waals surface area contributed by atoms with Crippen LogP contribution in [0.25, 0.3) is 0 Å². The third kappa shape index (κ3) is 1.71. The Bertz CT molecular complexity index is 393. The molecule has 0 radical (unpaired) electrons. The maximum atomic E-state index is 13.4. The lowest BCUT2D eigenvalue weighted by Crippen LogP contribution is -2.22. The summed E-state index contributed by atoms with van der Waals surface area (Å²) in [7, 11) is 0. The second-order valence-electron chi connectivity index (χ2n) is 4.02. The Labute approximate surface area is 86.1 Å². The minimum Gasteiger partial charge on any atom is -0.370 e. The van der Waals surface area contributed by atoms with Crippen LogP contribution in [0, 0.1) is 11.6 Å². The van der Waals surface area contributed by atoms with Crippen molar-refractivity contribution in [2.24, 2.45) is 5.73 Å². The zero-order valence-corrected chi connectivity index (χ0v) is 8.09. The minimum absolute atomic E-state index is 0.0174. The average Bonchev–Trinajstić information content (AvgIpc) is 2.83. The number of carbonyl (C=O) groups excluding carboxylic acids is 1. The Morgan fingerprint density at radius 2 is 1.87 bits per heavy atom. The monoisotopic (exact) mass is 211 g/mol. The molecule has 2 N–H and O–H groups in total. The van der Waals surface area contributed by atoms with Crippen molar-refractivity contribution in [2.45, 2.75) is 24.7 Å². The maximum absolute atomic E-state index is 13.4. The fourth-order valence-corrected chi connectivity index (χ4v) is 2.00. The number of benzene rings is 1. The highest BCUT2D eigenvalue weighted by atomic mass is 19.1. The first-order valence-corrected chi connectivity index (χ1v) is 4.78. The lowest BCUT2D eigenvalue weighted by Gasteiger charge is -2.15. The van der Waals surface area contributed by atoms with Crippen molar-refractivity contribution in [1.29, 1.82) is 0 Å². The molecule has 0 bridgehead atoms. The highest BCUT2D eigenvalue weighted by Crippen LogP contribution is 2.52. The molecule has 0 aromatic heterocycles. The van der Waals surface area contributed by atoms with Gasteiger partial charge in [-0.3, -0.25) is 4.79 Å². The molecule has 80 valence electrons. The van der Waals surface area contributed by atoms with Gasteiger partial charge in [0, 0.05) is 17.4 Å². The largest absolute Gasteiger partial charge is 0.370 e. The van der Waals surface area contributed by atoms with Gasteiger partial charge in [0.15, 0.2) is 0 Å². The van der Waals surface area contributed by atoms with Crippen LogP contribution < -0.4 is 5.73 Å². The molecule has 1 aromatic rings.